The zero-order chi connectivity index (χ0) is 14.1. The summed E-state index contributed by atoms with van der Waals surface area (Å²) in [5.74, 6) is -1.57. The standard InChI is InChI=1S/C10H14F3N3O2/c1-5(2)4-6(3)16-8(10(11,12)13)7(9(17)18)14-15-16/h5-6H,4H2,1-3H3,(H,17,18). The highest BCUT2D eigenvalue weighted by Crippen LogP contribution is 2.33. The van der Waals surface area contributed by atoms with Gasteiger partial charge in [-0.15, -0.1) is 5.10 Å². The summed E-state index contributed by atoms with van der Waals surface area (Å²) in [7, 11) is 0. The first kappa shape index (κ1) is 14.5. The molecule has 0 aliphatic carbocycles. The molecular formula is C10H14F3N3O2. The van der Waals surface area contributed by atoms with Crippen LogP contribution in [0.3, 0.4) is 0 Å². The van der Waals surface area contributed by atoms with Crippen molar-refractivity contribution in [3.8, 4) is 0 Å². The molecule has 5 nitrogen and oxygen atoms in total. The van der Waals surface area contributed by atoms with Crippen molar-refractivity contribution >= 4 is 5.97 Å². The van der Waals surface area contributed by atoms with Gasteiger partial charge in [0.2, 0.25) is 5.69 Å². The monoisotopic (exact) mass is 265 g/mol. The number of carbonyl (C=O) groups is 1. The van der Waals surface area contributed by atoms with Crippen LogP contribution in [0.1, 0.15) is 49.4 Å². The van der Waals surface area contributed by atoms with E-state index >= 15 is 0 Å². The normalized spacial score (nSPS) is 13.9. The average molecular weight is 265 g/mol. The van der Waals surface area contributed by atoms with Crippen molar-refractivity contribution in [2.45, 2.75) is 39.4 Å². The van der Waals surface area contributed by atoms with E-state index in [4.69, 9.17) is 5.11 Å². The number of carboxylic acids is 1. The van der Waals surface area contributed by atoms with Gasteiger partial charge in [-0.25, -0.2) is 9.48 Å². The summed E-state index contributed by atoms with van der Waals surface area (Å²) >= 11 is 0. The van der Waals surface area contributed by atoms with E-state index in [0.717, 1.165) is 0 Å². The van der Waals surface area contributed by atoms with Crippen molar-refractivity contribution in [3.05, 3.63) is 11.4 Å². The Morgan fingerprint density at radius 2 is 1.94 bits per heavy atom. The molecule has 1 heterocycles. The fourth-order valence-electron chi connectivity index (χ4n) is 1.79. The van der Waals surface area contributed by atoms with Crippen LogP contribution < -0.4 is 0 Å². The zero-order valence-electron chi connectivity index (χ0n) is 10.2. The minimum absolute atomic E-state index is 0.165. The van der Waals surface area contributed by atoms with Crippen LogP contribution in [0.4, 0.5) is 13.2 Å². The molecule has 0 bridgehead atoms. The van der Waals surface area contributed by atoms with Gasteiger partial charge in [0.1, 0.15) is 0 Å². The Labute approximate surface area is 102 Å². The van der Waals surface area contributed by atoms with Gasteiger partial charge in [0.25, 0.3) is 0 Å². The van der Waals surface area contributed by atoms with Crippen molar-refractivity contribution in [3.63, 3.8) is 0 Å². The molecule has 0 fully saturated rings. The van der Waals surface area contributed by atoms with Gasteiger partial charge >= 0.3 is 12.1 Å². The minimum atomic E-state index is -4.79. The highest BCUT2D eigenvalue weighted by Gasteiger charge is 2.42. The summed E-state index contributed by atoms with van der Waals surface area (Å²) in [5.41, 5.74) is -2.36. The molecule has 1 rings (SSSR count). The number of hydrogen-bond donors (Lipinski definition) is 1. The molecule has 18 heavy (non-hydrogen) atoms. The lowest BCUT2D eigenvalue weighted by molar-refractivity contribution is -0.145. The minimum Gasteiger partial charge on any atom is -0.476 e. The van der Waals surface area contributed by atoms with Gasteiger partial charge in [0.15, 0.2) is 5.69 Å². The first-order valence-electron chi connectivity index (χ1n) is 5.40. The van der Waals surface area contributed by atoms with Crippen molar-refractivity contribution < 1.29 is 23.1 Å². The Morgan fingerprint density at radius 1 is 1.39 bits per heavy atom. The van der Waals surface area contributed by atoms with Crippen LogP contribution in [0.15, 0.2) is 0 Å². The van der Waals surface area contributed by atoms with Gasteiger partial charge in [0.05, 0.1) is 6.04 Å². The van der Waals surface area contributed by atoms with Crippen molar-refractivity contribution in [1.82, 2.24) is 15.0 Å². The van der Waals surface area contributed by atoms with Crippen LogP contribution >= 0.6 is 0 Å². The predicted octanol–water partition coefficient (Wildman–Crippen LogP) is 2.60. The summed E-state index contributed by atoms with van der Waals surface area (Å²) in [6.45, 7) is 5.27. The molecule has 0 amide bonds. The van der Waals surface area contributed by atoms with Crippen LogP contribution in [0.5, 0.6) is 0 Å². The van der Waals surface area contributed by atoms with E-state index in [0.29, 0.717) is 11.1 Å². The Hall–Kier alpha value is -1.60. The number of nitrogens with zero attached hydrogens (tertiary/aromatic N) is 3. The Morgan fingerprint density at radius 3 is 2.33 bits per heavy atom. The smallest absolute Gasteiger partial charge is 0.435 e. The molecule has 1 unspecified atom stereocenters. The summed E-state index contributed by atoms with van der Waals surface area (Å²) in [4.78, 5) is 10.7. The lowest BCUT2D eigenvalue weighted by Gasteiger charge is -2.17. The molecule has 1 atom stereocenters. The number of alkyl halides is 3. The topological polar surface area (TPSA) is 68.0 Å². The van der Waals surface area contributed by atoms with Crippen molar-refractivity contribution in [1.29, 1.82) is 0 Å². The lowest BCUT2D eigenvalue weighted by Crippen LogP contribution is -2.21. The van der Waals surface area contributed by atoms with Crippen LogP contribution in [-0.2, 0) is 6.18 Å². The van der Waals surface area contributed by atoms with Crippen LogP contribution in [0, 0.1) is 5.92 Å². The second-order valence-electron chi connectivity index (χ2n) is 4.51. The van der Waals surface area contributed by atoms with E-state index in [1.165, 1.54) is 0 Å². The Kier molecular flexibility index (Phi) is 3.98. The zero-order valence-corrected chi connectivity index (χ0v) is 10.2. The summed E-state index contributed by atoms with van der Waals surface area (Å²) in [6, 6.07) is -0.567. The molecule has 0 spiro atoms. The van der Waals surface area contributed by atoms with E-state index in [1.54, 1.807) is 6.92 Å². The van der Waals surface area contributed by atoms with Gasteiger partial charge in [0, 0.05) is 0 Å². The molecular weight excluding hydrogens is 251 g/mol. The fourth-order valence-corrected chi connectivity index (χ4v) is 1.79. The molecule has 102 valence electrons. The number of hydrogen-bond acceptors (Lipinski definition) is 3. The molecule has 1 N–H and O–H groups in total. The number of aromatic carboxylic acids is 1. The van der Waals surface area contributed by atoms with Gasteiger partial charge in [-0.3, -0.25) is 0 Å². The highest BCUT2D eigenvalue weighted by atomic mass is 19.4. The van der Waals surface area contributed by atoms with Crippen LogP contribution in [0.2, 0.25) is 0 Å². The van der Waals surface area contributed by atoms with Crippen molar-refractivity contribution in [2.75, 3.05) is 0 Å². The maximum absolute atomic E-state index is 12.8. The second kappa shape index (κ2) is 4.95. The Balaban J connectivity index is 3.25. The fraction of sp³-hybridized carbons (Fsp3) is 0.700. The third-order valence-electron chi connectivity index (χ3n) is 2.40. The molecule has 0 aromatic carbocycles. The number of aromatic nitrogens is 3. The second-order valence-corrected chi connectivity index (χ2v) is 4.51. The molecule has 8 heteroatoms. The molecule has 0 aliphatic heterocycles. The molecule has 1 aromatic heterocycles. The third-order valence-corrected chi connectivity index (χ3v) is 2.40. The Bertz CT molecular complexity index is 440. The number of halogens is 3. The first-order chi connectivity index (χ1) is 8.14. The van der Waals surface area contributed by atoms with E-state index in [-0.39, 0.29) is 5.92 Å². The largest absolute Gasteiger partial charge is 0.476 e. The molecule has 1 aromatic rings. The maximum Gasteiger partial charge on any atom is 0.435 e. The summed E-state index contributed by atoms with van der Waals surface area (Å²) in [6.07, 6.45) is -4.34. The van der Waals surface area contributed by atoms with Gasteiger partial charge in [-0.1, -0.05) is 19.1 Å². The van der Waals surface area contributed by atoms with Crippen LogP contribution in [-0.4, -0.2) is 26.1 Å². The lowest BCUT2D eigenvalue weighted by atomic mass is 10.1. The maximum atomic E-state index is 12.8. The average Bonchev–Trinajstić information content (AvgIpc) is 2.59. The SMILES string of the molecule is CC(C)CC(C)n1nnc(C(=O)O)c1C(F)(F)F. The first-order valence-corrected chi connectivity index (χ1v) is 5.40. The predicted molar refractivity (Wildman–Crippen MR) is 56.1 cm³/mol. The van der Waals surface area contributed by atoms with Gasteiger partial charge in [-0.2, -0.15) is 13.2 Å². The molecule has 0 radical (unpaired) electrons. The van der Waals surface area contributed by atoms with E-state index in [1.807, 2.05) is 13.8 Å². The summed E-state index contributed by atoms with van der Waals surface area (Å²) < 4.78 is 39.2. The van der Waals surface area contributed by atoms with Gasteiger partial charge < -0.3 is 5.11 Å². The van der Waals surface area contributed by atoms with Crippen LogP contribution in [0.25, 0.3) is 0 Å². The van der Waals surface area contributed by atoms with E-state index in [2.05, 4.69) is 10.3 Å². The third kappa shape index (κ3) is 2.99. The molecule has 0 saturated heterocycles. The van der Waals surface area contributed by atoms with E-state index < -0.39 is 29.6 Å². The van der Waals surface area contributed by atoms with Gasteiger partial charge in [-0.05, 0) is 19.3 Å². The molecule has 0 saturated carbocycles. The highest BCUT2D eigenvalue weighted by molar-refractivity contribution is 5.86. The van der Waals surface area contributed by atoms with E-state index in [9.17, 15) is 18.0 Å². The number of rotatable bonds is 4. The summed E-state index contributed by atoms with van der Waals surface area (Å²) in [5, 5.41) is 15.1. The number of carboxylic acid groups (broad SMARTS) is 1. The van der Waals surface area contributed by atoms with Crippen molar-refractivity contribution in [2.24, 2.45) is 5.92 Å². The molecule has 0 aliphatic rings. The quantitative estimate of drug-likeness (QED) is 0.908.